The van der Waals surface area contributed by atoms with Crippen LogP contribution in [0, 0.1) is 0 Å². The number of hydrogen-bond acceptors (Lipinski definition) is 5. The van der Waals surface area contributed by atoms with E-state index in [0.717, 1.165) is 45.9 Å². The third kappa shape index (κ3) is 2.52. The van der Waals surface area contributed by atoms with E-state index in [4.69, 9.17) is 11.3 Å². The third-order valence-electron chi connectivity index (χ3n) is 3.41. The Morgan fingerprint density at radius 3 is 2.22 bits per heavy atom. The fourth-order valence-corrected chi connectivity index (χ4v) is 9.98. The zero-order valence-corrected chi connectivity index (χ0v) is 13.6. The van der Waals surface area contributed by atoms with Crippen LogP contribution < -0.4 is 3.71 Å². The molecule has 4 rings (SSSR count). The van der Waals surface area contributed by atoms with E-state index in [0.29, 0.717) is 0 Å². The average Bonchev–Trinajstić information content (AvgIpc) is 2.76. The van der Waals surface area contributed by atoms with Crippen LogP contribution in [0.3, 0.4) is 0 Å². The van der Waals surface area contributed by atoms with Crippen LogP contribution in [0.2, 0.25) is 0 Å². The first kappa shape index (κ1) is 13.1. The van der Waals surface area contributed by atoms with E-state index in [-0.39, 0.29) is 0 Å². The van der Waals surface area contributed by atoms with Gasteiger partial charge >= 0.3 is 115 Å². The topological polar surface area (TPSA) is 30.9 Å². The Kier molecular flexibility index (Phi) is 4.07. The Morgan fingerprint density at radius 1 is 1.11 bits per heavy atom. The van der Waals surface area contributed by atoms with Crippen molar-refractivity contribution in [1.82, 2.24) is 4.90 Å². The summed E-state index contributed by atoms with van der Waals surface area (Å²) >= 11 is -1.38. The fourth-order valence-electron chi connectivity index (χ4n) is 2.33. The predicted molar refractivity (Wildman–Crippen MR) is 73.4 cm³/mol. The van der Waals surface area contributed by atoms with E-state index in [2.05, 4.69) is 24.0 Å². The minimum atomic E-state index is -3.19. The van der Waals surface area contributed by atoms with Crippen LogP contribution in [0.5, 0.6) is 0 Å². The molecule has 3 fully saturated rings. The van der Waals surface area contributed by atoms with Crippen molar-refractivity contribution >= 4 is 29.3 Å². The van der Waals surface area contributed by atoms with Gasteiger partial charge in [-0.05, 0) is 0 Å². The van der Waals surface area contributed by atoms with E-state index in [9.17, 15) is 0 Å². The molecular formula is C12H19GeNO3S. The molecule has 3 aliphatic heterocycles. The number of hydrogen-bond donors (Lipinski definition) is 0. The van der Waals surface area contributed by atoms with Gasteiger partial charge in [0, 0.05) is 0 Å². The molecule has 0 atom stereocenters. The number of rotatable bonds is 2. The summed E-state index contributed by atoms with van der Waals surface area (Å²) < 4.78 is 19.5. The SMILES string of the molecule is CCc1cc[c]([Ge]23[O]CCN(CC[O]2)CC[O]3)s1. The molecule has 18 heavy (non-hydrogen) atoms. The summed E-state index contributed by atoms with van der Waals surface area (Å²) in [6.45, 7) is 7.40. The Hall–Kier alpha value is 0.0829. The summed E-state index contributed by atoms with van der Waals surface area (Å²) in [7, 11) is 0. The molecule has 3 saturated heterocycles. The first-order valence-corrected chi connectivity index (χ1v) is 11.0. The maximum absolute atomic E-state index is 6.10. The second kappa shape index (κ2) is 5.60. The molecule has 0 amide bonds. The molecule has 0 aliphatic carbocycles. The standard InChI is InChI=1S/C12H19GeNO3S/c1-2-11-3-4-12(18-11)13-15-8-5-14(6-9-16-13)7-10-17-13/h3-4H,2,5-10H2,1H3. The molecule has 1 aromatic heterocycles. The van der Waals surface area contributed by atoms with Gasteiger partial charge < -0.3 is 0 Å². The van der Waals surface area contributed by atoms with Crippen LogP contribution in [-0.2, 0) is 17.7 Å². The molecule has 2 bridgehead atoms. The van der Waals surface area contributed by atoms with Crippen LogP contribution in [0.4, 0.5) is 0 Å². The van der Waals surface area contributed by atoms with Crippen molar-refractivity contribution in [3.8, 4) is 0 Å². The van der Waals surface area contributed by atoms with Crippen molar-refractivity contribution in [1.29, 1.82) is 0 Å². The Labute approximate surface area is 115 Å². The maximum atomic E-state index is 6.10. The predicted octanol–water partition coefficient (Wildman–Crippen LogP) is 0.835. The van der Waals surface area contributed by atoms with E-state index < -0.39 is 14.3 Å². The van der Waals surface area contributed by atoms with Gasteiger partial charge in [0.1, 0.15) is 0 Å². The quantitative estimate of drug-likeness (QED) is 0.752. The molecule has 0 saturated carbocycles. The normalized spacial score (nSPS) is 32.8. The molecule has 0 spiro atoms. The van der Waals surface area contributed by atoms with Crippen LogP contribution in [0.1, 0.15) is 11.8 Å². The van der Waals surface area contributed by atoms with E-state index in [1.54, 1.807) is 11.3 Å². The number of thiophene rings is 1. The Bertz CT molecular complexity index is 385. The summed E-state index contributed by atoms with van der Waals surface area (Å²) in [5, 5.41) is 0. The molecule has 4 heterocycles. The van der Waals surface area contributed by atoms with E-state index in [1.165, 1.54) is 8.59 Å². The van der Waals surface area contributed by atoms with Gasteiger partial charge in [-0.1, -0.05) is 0 Å². The van der Waals surface area contributed by atoms with Gasteiger partial charge in [0.15, 0.2) is 0 Å². The van der Waals surface area contributed by atoms with E-state index in [1.807, 2.05) is 0 Å². The molecule has 4 nitrogen and oxygen atoms in total. The second-order valence-corrected chi connectivity index (χ2v) is 11.8. The van der Waals surface area contributed by atoms with Gasteiger partial charge in [-0.25, -0.2) is 0 Å². The molecule has 3 aliphatic rings. The van der Waals surface area contributed by atoms with Gasteiger partial charge in [0.05, 0.1) is 0 Å². The van der Waals surface area contributed by atoms with Crippen molar-refractivity contribution in [2.75, 3.05) is 39.5 Å². The fraction of sp³-hybridized carbons (Fsp3) is 0.667. The average molecular weight is 330 g/mol. The van der Waals surface area contributed by atoms with Gasteiger partial charge in [-0.2, -0.15) is 0 Å². The van der Waals surface area contributed by atoms with Crippen LogP contribution in [0.15, 0.2) is 12.1 Å². The van der Waals surface area contributed by atoms with Crippen molar-refractivity contribution in [2.24, 2.45) is 0 Å². The summed E-state index contributed by atoms with van der Waals surface area (Å²) in [5.74, 6) is 0. The minimum absolute atomic E-state index is 0.735. The van der Waals surface area contributed by atoms with Gasteiger partial charge in [-0.15, -0.1) is 0 Å². The zero-order chi connectivity index (χ0) is 12.4. The number of fused-ring (bicyclic) bond motifs is 6. The van der Waals surface area contributed by atoms with Gasteiger partial charge in [0.25, 0.3) is 0 Å². The molecule has 0 aromatic carbocycles. The molecular weight excluding hydrogens is 311 g/mol. The van der Waals surface area contributed by atoms with Crippen LogP contribution in [-0.4, -0.2) is 58.6 Å². The van der Waals surface area contributed by atoms with Crippen LogP contribution >= 0.6 is 11.3 Å². The van der Waals surface area contributed by atoms with Crippen molar-refractivity contribution in [2.45, 2.75) is 13.3 Å². The molecule has 100 valence electrons. The Balaban J connectivity index is 1.89. The molecule has 1 aromatic rings. The first-order valence-electron chi connectivity index (χ1n) is 6.56. The second-order valence-electron chi connectivity index (χ2n) is 4.56. The van der Waals surface area contributed by atoms with Gasteiger partial charge in [-0.3, -0.25) is 0 Å². The van der Waals surface area contributed by atoms with Crippen LogP contribution in [0.25, 0.3) is 0 Å². The molecule has 0 N–H and O–H groups in total. The molecule has 0 radical (unpaired) electrons. The zero-order valence-electron chi connectivity index (χ0n) is 10.7. The van der Waals surface area contributed by atoms with Gasteiger partial charge in [0.2, 0.25) is 0 Å². The summed E-state index contributed by atoms with van der Waals surface area (Å²) in [5.41, 5.74) is 0. The van der Waals surface area contributed by atoms with Crippen molar-refractivity contribution in [3.63, 3.8) is 0 Å². The summed E-state index contributed by atoms with van der Waals surface area (Å²) in [4.78, 5) is 3.73. The molecule has 6 heteroatoms. The number of nitrogens with zero attached hydrogens (tertiary/aromatic N) is 1. The summed E-state index contributed by atoms with van der Waals surface area (Å²) in [6.07, 6.45) is 1.07. The van der Waals surface area contributed by atoms with E-state index >= 15 is 0 Å². The number of aryl methyl sites for hydroxylation is 1. The monoisotopic (exact) mass is 331 g/mol. The summed E-state index contributed by atoms with van der Waals surface area (Å²) in [6, 6.07) is 4.34. The van der Waals surface area contributed by atoms with Crippen molar-refractivity contribution < 1.29 is 11.3 Å². The molecule has 0 unspecified atom stereocenters. The Morgan fingerprint density at radius 2 is 1.72 bits per heavy atom. The first-order chi connectivity index (χ1) is 8.82. The van der Waals surface area contributed by atoms with Crippen molar-refractivity contribution in [3.05, 3.63) is 17.0 Å². The third-order valence-corrected chi connectivity index (χ3v) is 11.7.